The van der Waals surface area contributed by atoms with Gasteiger partial charge in [-0.25, -0.2) is 0 Å². The molecular weight excluding hydrogens is 330 g/mol. The van der Waals surface area contributed by atoms with E-state index in [9.17, 15) is 0 Å². The average Bonchev–Trinajstić information content (AvgIpc) is 2.90. The molecule has 1 aliphatic heterocycles. The van der Waals surface area contributed by atoms with Crippen LogP contribution in [0.1, 0.15) is 45.2 Å². The number of nitrogens with one attached hydrogen (secondary N) is 1. The summed E-state index contributed by atoms with van der Waals surface area (Å²) in [4.78, 5) is 0. The van der Waals surface area contributed by atoms with Crippen molar-refractivity contribution in [2.45, 2.75) is 45.8 Å². The zero-order chi connectivity index (χ0) is 15.2. The topological polar surface area (TPSA) is 30.5 Å². The molecule has 1 aromatic rings. The normalized spacial score (nSPS) is 23.2. The van der Waals surface area contributed by atoms with Crippen LogP contribution in [-0.2, 0) is 4.74 Å². The minimum absolute atomic E-state index is 0.344. The molecule has 0 spiro atoms. The van der Waals surface area contributed by atoms with Crippen molar-refractivity contribution >= 4 is 15.9 Å². The Morgan fingerprint density at radius 2 is 2.24 bits per heavy atom. The molecule has 2 rings (SSSR count). The largest absolute Gasteiger partial charge is 0.492 e. The van der Waals surface area contributed by atoms with E-state index in [0.29, 0.717) is 18.1 Å². The molecule has 1 saturated heterocycles. The fraction of sp³-hybridized carbons (Fsp3) is 0.647. The summed E-state index contributed by atoms with van der Waals surface area (Å²) in [5, 5.41) is 3.61. The molecule has 0 radical (unpaired) electrons. The summed E-state index contributed by atoms with van der Waals surface area (Å²) in [5.41, 5.74) is 1.30. The molecule has 1 N–H and O–H groups in total. The molecule has 1 heterocycles. The molecule has 3 atom stereocenters. The minimum Gasteiger partial charge on any atom is -0.492 e. The van der Waals surface area contributed by atoms with Gasteiger partial charge in [-0.05, 0) is 59.9 Å². The second-order valence-corrected chi connectivity index (χ2v) is 6.57. The van der Waals surface area contributed by atoms with Crippen molar-refractivity contribution in [1.82, 2.24) is 5.32 Å². The lowest BCUT2D eigenvalue weighted by Gasteiger charge is -2.24. The molecule has 0 aromatic heterocycles. The summed E-state index contributed by atoms with van der Waals surface area (Å²) in [6.45, 7) is 8.97. The Kier molecular flexibility index (Phi) is 6.52. The zero-order valence-corrected chi connectivity index (χ0v) is 14.8. The van der Waals surface area contributed by atoms with E-state index in [0.717, 1.165) is 42.8 Å². The lowest BCUT2D eigenvalue weighted by Crippen LogP contribution is -2.28. The molecule has 0 bridgehead atoms. The van der Waals surface area contributed by atoms with Crippen molar-refractivity contribution < 1.29 is 9.47 Å². The van der Waals surface area contributed by atoms with Crippen LogP contribution in [0.3, 0.4) is 0 Å². The van der Waals surface area contributed by atoms with E-state index >= 15 is 0 Å². The molecule has 118 valence electrons. The van der Waals surface area contributed by atoms with E-state index in [1.807, 2.05) is 0 Å². The van der Waals surface area contributed by atoms with Gasteiger partial charge in [-0.2, -0.15) is 0 Å². The summed E-state index contributed by atoms with van der Waals surface area (Å²) in [5.74, 6) is 1.46. The monoisotopic (exact) mass is 355 g/mol. The fourth-order valence-electron chi connectivity index (χ4n) is 2.90. The highest BCUT2D eigenvalue weighted by atomic mass is 79.9. The fourth-order valence-corrected chi connectivity index (χ4v) is 3.41. The Balaban J connectivity index is 2.14. The summed E-state index contributed by atoms with van der Waals surface area (Å²) in [6, 6.07) is 6.77. The molecule has 1 fully saturated rings. The van der Waals surface area contributed by atoms with Crippen molar-refractivity contribution in [3.05, 3.63) is 28.2 Å². The van der Waals surface area contributed by atoms with Gasteiger partial charge in [-0.1, -0.05) is 19.9 Å². The van der Waals surface area contributed by atoms with Crippen LogP contribution in [0.2, 0.25) is 0 Å². The van der Waals surface area contributed by atoms with Gasteiger partial charge in [-0.15, -0.1) is 0 Å². The maximum atomic E-state index is 5.74. The van der Waals surface area contributed by atoms with Gasteiger partial charge in [0.15, 0.2) is 0 Å². The van der Waals surface area contributed by atoms with Crippen LogP contribution >= 0.6 is 15.9 Å². The van der Waals surface area contributed by atoms with E-state index in [2.05, 4.69) is 60.2 Å². The van der Waals surface area contributed by atoms with Gasteiger partial charge in [0.25, 0.3) is 0 Å². The summed E-state index contributed by atoms with van der Waals surface area (Å²) >= 11 is 3.63. The molecule has 1 aromatic carbocycles. The highest BCUT2D eigenvalue weighted by molar-refractivity contribution is 9.10. The van der Waals surface area contributed by atoms with Gasteiger partial charge in [0, 0.05) is 12.0 Å². The minimum atomic E-state index is 0.344. The van der Waals surface area contributed by atoms with E-state index < -0.39 is 0 Å². The van der Waals surface area contributed by atoms with E-state index in [1.54, 1.807) is 0 Å². The molecule has 3 unspecified atom stereocenters. The number of hydrogen-bond donors (Lipinski definition) is 1. The first-order valence-corrected chi connectivity index (χ1v) is 8.72. The van der Waals surface area contributed by atoms with Gasteiger partial charge in [0.05, 0.1) is 23.8 Å². The maximum Gasteiger partial charge on any atom is 0.133 e. The molecule has 1 aliphatic rings. The van der Waals surface area contributed by atoms with Gasteiger partial charge < -0.3 is 14.8 Å². The van der Waals surface area contributed by atoms with Crippen LogP contribution in [0.25, 0.3) is 0 Å². The summed E-state index contributed by atoms with van der Waals surface area (Å²) in [7, 11) is 0. The Labute approximate surface area is 136 Å². The van der Waals surface area contributed by atoms with Crippen molar-refractivity contribution in [2.24, 2.45) is 5.92 Å². The molecule has 0 saturated carbocycles. The number of ether oxygens (including phenoxy) is 2. The Bertz CT molecular complexity index is 452. The molecule has 4 heteroatoms. The van der Waals surface area contributed by atoms with Gasteiger partial charge in [0.2, 0.25) is 0 Å². The first kappa shape index (κ1) is 16.8. The SMILES string of the molecule is CCCOc1ccc(C(NCC)C2COC(C)C2)cc1Br. The van der Waals surface area contributed by atoms with Crippen molar-refractivity contribution in [1.29, 1.82) is 0 Å². The summed E-state index contributed by atoms with van der Waals surface area (Å²) < 4.78 is 12.5. The van der Waals surface area contributed by atoms with Gasteiger partial charge in [-0.3, -0.25) is 0 Å². The lowest BCUT2D eigenvalue weighted by molar-refractivity contribution is 0.117. The third-order valence-electron chi connectivity index (χ3n) is 3.90. The van der Waals surface area contributed by atoms with Crippen molar-refractivity contribution in [2.75, 3.05) is 19.8 Å². The Morgan fingerprint density at radius 1 is 1.43 bits per heavy atom. The number of benzene rings is 1. The summed E-state index contributed by atoms with van der Waals surface area (Å²) in [6.07, 6.45) is 2.50. The van der Waals surface area contributed by atoms with Crippen LogP contribution in [0.15, 0.2) is 22.7 Å². The van der Waals surface area contributed by atoms with Crippen LogP contribution in [0.5, 0.6) is 5.75 Å². The molecule has 21 heavy (non-hydrogen) atoms. The van der Waals surface area contributed by atoms with E-state index in [4.69, 9.17) is 9.47 Å². The molecule has 0 aliphatic carbocycles. The smallest absolute Gasteiger partial charge is 0.133 e. The number of halogens is 1. The van der Waals surface area contributed by atoms with E-state index in [1.165, 1.54) is 5.56 Å². The van der Waals surface area contributed by atoms with Crippen LogP contribution in [0.4, 0.5) is 0 Å². The molecular formula is C17H26BrNO2. The highest BCUT2D eigenvalue weighted by Gasteiger charge is 2.30. The lowest BCUT2D eigenvalue weighted by atomic mass is 9.91. The highest BCUT2D eigenvalue weighted by Crippen LogP contribution is 2.35. The van der Waals surface area contributed by atoms with E-state index in [-0.39, 0.29) is 0 Å². The molecule has 0 amide bonds. The molecule has 3 nitrogen and oxygen atoms in total. The number of rotatable bonds is 7. The standard InChI is InChI=1S/C17H26BrNO2/c1-4-8-20-16-7-6-13(10-15(16)18)17(19-5-2)14-9-12(3)21-11-14/h6-7,10,12,14,17,19H,4-5,8-9,11H2,1-3H3. The van der Waals surface area contributed by atoms with Crippen molar-refractivity contribution in [3.8, 4) is 5.75 Å². The average molecular weight is 356 g/mol. The Morgan fingerprint density at radius 3 is 2.81 bits per heavy atom. The quantitative estimate of drug-likeness (QED) is 0.790. The van der Waals surface area contributed by atoms with Crippen LogP contribution in [-0.4, -0.2) is 25.9 Å². The second kappa shape index (κ2) is 8.16. The van der Waals surface area contributed by atoms with Crippen LogP contribution < -0.4 is 10.1 Å². The van der Waals surface area contributed by atoms with Gasteiger partial charge in [0.1, 0.15) is 5.75 Å². The third kappa shape index (κ3) is 4.44. The van der Waals surface area contributed by atoms with Gasteiger partial charge >= 0.3 is 0 Å². The predicted molar refractivity (Wildman–Crippen MR) is 89.9 cm³/mol. The van der Waals surface area contributed by atoms with Crippen LogP contribution in [0, 0.1) is 5.92 Å². The van der Waals surface area contributed by atoms with Crippen molar-refractivity contribution in [3.63, 3.8) is 0 Å². The third-order valence-corrected chi connectivity index (χ3v) is 4.52. The first-order chi connectivity index (χ1) is 10.2. The Hall–Kier alpha value is -0.580. The predicted octanol–water partition coefficient (Wildman–Crippen LogP) is 4.31. The maximum absolute atomic E-state index is 5.74. The second-order valence-electron chi connectivity index (χ2n) is 5.71. The number of hydrogen-bond acceptors (Lipinski definition) is 3. The first-order valence-electron chi connectivity index (χ1n) is 7.92. The zero-order valence-electron chi connectivity index (χ0n) is 13.2.